The summed E-state index contributed by atoms with van der Waals surface area (Å²) in [4.78, 5) is 14.7. The van der Waals surface area contributed by atoms with Gasteiger partial charge >= 0.3 is 0 Å². The quantitative estimate of drug-likeness (QED) is 0.799. The molecule has 0 aliphatic carbocycles. The van der Waals surface area contributed by atoms with Crippen LogP contribution in [0.2, 0.25) is 5.02 Å². The van der Waals surface area contributed by atoms with E-state index in [1.165, 1.54) is 17.4 Å². The predicted molar refractivity (Wildman–Crippen MR) is 103 cm³/mol. The van der Waals surface area contributed by atoms with Crippen LogP contribution in [0.25, 0.3) is 0 Å². The molecule has 1 N–H and O–H groups in total. The number of likely N-dealkylation sites (N-methyl/N-ethyl adjacent to an activating group) is 1. The van der Waals surface area contributed by atoms with E-state index in [2.05, 4.69) is 4.72 Å². The van der Waals surface area contributed by atoms with Gasteiger partial charge in [0.05, 0.1) is 17.0 Å². The van der Waals surface area contributed by atoms with Crippen molar-refractivity contribution >= 4 is 44.6 Å². The molecular formula is C17H21ClN2O3S2. The Morgan fingerprint density at radius 1 is 1.32 bits per heavy atom. The van der Waals surface area contributed by atoms with Crippen LogP contribution in [0.1, 0.15) is 24.3 Å². The number of anilines is 1. The third-order valence-corrected chi connectivity index (χ3v) is 6.82. The summed E-state index contributed by atoms with van der Waals surface area (Å²) in [6.07, 6.45) is 0.152. The third-order valence-electron chi connectivity index (χ3n) is 3.98. The highest BCUT2D eigenvalue weighted by Crippen LogP contribution is 2.29. The molecule has 0 unspecified atom stereocenters. The Kier molecular flexibility index (Phi) is 6.13. The molecule has 2 aromatic rings. The lowest BCUT2D eigenvalue weighted by Crippen LogP contribution is -2.34. The molecule has 5 nitrogen and oxygen atoms in total. The lowest BCUT2D eigenvalue weighted by Gasteiger charge is -2.21. The summed E-state index contributed by atoms with van der Waals surface area (Å²) in [7, 11) is -2.05. The molecule has 0 saturated heterocycles. The fraction of sp³-hybridized carbons (Fsp3) is 0.353. The second-order valence-corrected chi connectivity index (χ2v) is 9.06. The van der Waals surface area contributed by atoms with Crippen LogP contribution in [0.4, 0.5) is 5.69 Å². The standard InChI is InChI=1S/C17H21ClN2O3S2/c1-11(2)20(4)17(21)10-15-14(8-9-24-15)19-25(22,23)16-7-5-6-13(18)12(16)3/h5-9,11,19H,10H2,1-4H3. The highest BCUT2D eigenvalue weighted by atomic mass is 35.5. The lowest BCUT2D eigenvalue weighted by molar-refractivity contribution is -0.130. The van der Waals surface area contributed by atoms with Crippen molar-refractivity contribution < 1.29 is 13.2 Å². The van der Waals surface area contributed by atoms with Gasteiger partial charge in [-0.05, 0) is 49.9 Å². The van der Waals surface area contributed by atoms with Crippen molar-refractivity contribution in [2.45, 2.75) is 38.1 Å². The minimum Gasteiger partial charge on any atom is -0.343 e. The molecule has 0 aliphatic heterocycles. The number of sulfonamides is 1. The molecule has 0 radical (unpaired) electrons. The van der Waals surface area contributed by atoms with Crippen molar-refractivity contribution in [3.05, 3.63) is 45.1 Å². The van der Waals surface area contributed by atoms with Crippen molar-refractivity contribution in [2.75, 3.05) is 11.8 Å². The molecule has 0 fully saturated rings. The Morgan fingerprint density at radius 3 is 2.64 bits per heavy atom. The van der Waals surface area contributed by atoms with Crippen molar-refractivity contribution in [1.29, 1.82) is 0 Å². The van der Waals surface area contributed by atoms with Crippen LogP contribution in [-0.4, -0.2) is 32.3 Å². The van der Waals surface area contributed by atoms with Gasteiger partial charge in [0.2, 0.25) is 5.91 Å². The lowest BCUT2D eigenvalue weighted by atomic mass is 10.2. The van der Waals surface area contributed by atoms with E-state index < -0.39 is 10.0 Å². The highest BCUT2D eigenvalue weighted by molar-refractivity contribution is 7.92. The first kappa shape index (κ1) is 19.8. The van der Waals surface area contributed by atoms with E-state index in [0.29, 0.717) is 21.2 Å². The third kappa shape index (κ3) is 4.54. The molecule has 1 amide bonds. The molecule has 25 heavy (non-hydrogen) atoms. The summed E-state index contributed by atoms with van der Waals surface area (Å²) < 4.78 is 28.0. The van der Waals surface area contributed by atoms with Gasteiger partial charge in [0, 0.05) is 23.0 Å². The molecule has 1 heterocycles. The maximum absolute atomic E-state index is 12.7. The van der Waals surface area contributed by atoms with Gasteiger partial charge in [-0.15, -0.1) is 11.3 Å². The largest absolute Gasteiger partial charge is 0.343 e. The number of halogens is 1. The average molecular weight is 401 g/mol. The van der Waals surface area contributed by atoms with Crippen molar-refractivity contribution in [2.24, 2.45) is 0 Å². The second kappa shape index (κ2) is 7.76. The van der Waals surface area contributed by atoms with Crippen molar-refractivity contribution in [3.8, 4) is 0 Å². The van der Waals surface area contributed by atoms with Gasteiger partial charge in [-0.3, -0.25) is 9.52 Å². The van der Waals surface area contributed by atoms with Gasteiger partial charge in [0.1, 0.15) is 0 Å². The maximum Gasteiger partial charge on any atom is 0.262 e. The summed E-state index contributed by atoms with van der Waals surface area (Å²) in [5, 5.41) is 2.16. The van der Waals surface area contributed by atoms with Crippen LogP contribution >= 0.6 is 22.9 Å². The second-order valence-electron chi connectivity index (χ2n) is 6.00. The van der Waals surface area contributed by atoms with E-state index in [0.717, 1.165) is 0 Å². The van der Waals surface area contributed by atoms with Crippen LogP contribution in [0.15, 0.2) is 34.5 Å². The molecule has 0 atom stereocenters. The Morgan fingerprint density at radius 2 is 2.00 bits per heavy atom. The number of hydrogen-bond donors (Lipinski definition) is 1. The first-order valence-electron chi connectivity index (χ1n) is 7.73. The summed E-state index contributed by atoms with van der Waals surface area (Å²) in [5.41, 5.74) is 0.916. The van der Waals surface area contributed by atoms with Gasteiger partial charge in [0.15, 0.2) is 0 Å². The van der Waals surface area contributed by atoms with Gasteiger partial charge in [-0.1, -0.05) is 17.7 Å². The molecule has 0 aliphatic rings. The normalized spacial score (nSPS) is 11.6. The van der Waals surface area contributed by atoms with E-state index in [1.807, 2.05) is 13.8 Å². The van der Waals surface area contributed by atoms with Gasteiger partial charge < -0.3 is 4.90 Å². The number of nitrogens with zero attached hydrogens (tertiary/aromatic N) is 1. The fourth-order valence-corrected chi connectivity index (χ4v) is 4.67. The minimum absolute atomic E-state index is 0.0585. The van der Waals surface area contributed by atoms with Crippen LogP contribution in [0.5, 0.6) is 0 Å². The molecular weight excluding hydrogens is 380 g/mol. The molecule has 2 rings (SSSR count). The number of hydrogen-bond acceptors (Lipinski definition) is 4. The summed E-state index contributed by atoms with van der Waals surface area (Å²) in [6, 6.07) is 6.50. The van der Waals surface area contributed by atoms with Gasteiger partial charge in [-0.2, -0.15) is 0 Å². The number of carbonyl (C=O) groups is 1. The monoisotopic (exact) mass is 400 g/mol. The van der Waals surface area contributed by atoms with E-state index in [9.17, 15) is 13.2 Å². The zero-order valence-corrected chi connectivity index (χ0v) is 16.9. The van der Waals surface area contributed by atoms with E-state index in [4.69, 9.17) is 11.6 Å². The van der Waals surface area contributed by atoms with E-state index in [1.54, 1.807) is 42.5 Å². The van der Waals surface area contributed by atoms with Gasteiger partial charge in [-0.25, -0.2) is 8.42 Å². The molecule has 1 aromatic heterocycles. The minimum atomic E-state index is -3.78. The number of amides is 1. The Balaban J connectivity index is 2.26. The van der Waals surface area contributed by atoms with E-state index >= 15 is 0 Å². The number of nitrogens with one attached hydrogen (secondary N) is 1. The van der Waals surface area contributed by atoms with Crippen molar-refractivity contribution in [3.63, 3.8) is 0 Å². The summed E-state index contributed by atoms with van der Waals surface area (Å²) in [6.45, 7) is 5.52. The first-order chi connectivity index (χ1) is 11.6. The zero-order valence-electron chi connectivity index (χ0n) is 14.5. The molecule has 1 aromatic carbocycles. The first-order valence-corrected chi connectivity index (χ1v) is 10.5. The Hall–Kier alpha value is -1.57. The van der Waals surface area contributed by atoms with Crippen LogP contribution in [-0.2, 0) is 21.2 Å². The molecule has 8 heteroatoms. The number of thiophene rings is 1. The summed E-state index contributed by atoms with van der Waals surface area (Å²) in [5.74, 6) is -0.0585. The maximum atomic E-state index is 12.7. The number of benzene rings is 1. The molecule has 0 bridgehead atoms. The van der Waals surface area contributed by atoms with Crippen molar-refractivity contribution in [1.82, 2.24) is 4.90 Å². The predicted octanol–water partition coefficient (Wildman–Crippen LogP) is 3.92. The topological polar surface area (TPSA) is 66.5 Å². The SMILES string of the molecule is Cc1c(Cl)cccc1S(=O)(=O)Nc1ccsc1CC(=O)N(C)C(C)C. The Labute approximate surface area is 157 Å². The Bertz CT molecular complexity index is 876. The number of carbonyl (C=O) groups excluding carboxylic acids is 1. The molecule has 136 valence electrons. The highest BCUT2D eigenvalue weighted by Gasteiger charge is 2.22. The molecule has 0 saturated carbocycles. The van der Waals surface area contributed by atoms with Gasteiger partial charge in [0.25, 0.3) is 10.0 Å². The van der Waals surface area contributed by atoms with E-state index in [-0.39, 0.29) is 23.3 Å². The average Bonchev–Trinajstić information content (AvgIpc) is 2.95. The van der Waals surface area contributed by atoms with Crippen LogP contribution < -0.4 is 4.72 Å². The van der Waals surface area contributed by atoms with Crippen LogP contribution in [0, 0.1) is 6.92 Å². The smallest absolute Gasteiger partial charge is 0.262 e. The molecule has 0 spiro atoms. The zero-order chi connectivity index (χ0) is 18.8. The fourth-order valence-electron chi connectivity index (χ4n) is 2.20. The summed E-state index contributed by atoms with van der Waals surface area (Å²) >= 11 is 7.38. The van der Waals surface area contributed by atoms with Crippen LogP contribution in [0.3, 0.4) is 0 Å². The number of rotatable bonds is 6.